The van der Waals surface area contributed by atoms with Gasteiger partial charge in [0.25, 0.3) is 0 Å². The first-order valence-corrected chi connectivity index (χ1v) is 9.13. The van der Waals surface area contributed by atoms with Gasteiger partial charge in [0.15, 0.2) is 0 Å². The van der Waals surface area contributed by atoms with E-state index in [1.54, 1.807) is 0 Å². The first kappa shape index (κ1) is 19.0. The minimum Gasteiger partial charge on any atom is -0.346 e. The van der Waals surface area contributed by atoms with Crippen LogP contribution in [0.4, 0.5) is 10.1 Å². The largest absolute Gasteiger partial charge is 0.346 e. The van der Waals surface area contributed by atoms with Gasteiger partial charge in [-0.15, -0.1) is 0 Å². The van der Waals surface area contributed by atoms with Crippen LogP contribution in [0.3, 0.4) is 0 Å². The van der Waals surface area contributed by atoms with E-state index in [0.717, 1.165) is 19.3 Å². The van der Waals surface area contributed by atoms with Crippen molar-refractivity contribution in [3.8, 4) is 0 Å². The van der Waals surface area contributed by atoms with E-state index >= 15 is 0 Å². The predicted octanol–water partition coefficient (Wildman–Crippen LogP) is 2.89. The minimum atomic E-state index is -0.367. The number of aryl methyl sites for hydroxylation is 1. The van der Waals surface area contributed by atoms with E-state index in [1.165, 1.54) is 35.4 Å². The monoisotopic (exact) mass is 369 g/mol. The molecular formula is C21H24FN3O2. The number of hydrogen-bond acceptors (Lipinski definition) is 3. The Hall–Kier alpha value is -2.73. The summed E-state index contributed by atoms with van der Waals surface area (Å²) in [5, 5.41) is 5.26. The molecule has 142 valence electrons. The molecule has 3 rings (SSSR count). The van der Waals surface area contributed by atoms with Gasteiger partial charge in [-0.05, 0) is 61.7 Å². The molecule has 1 atom stereocenters. The van der Waals surface area contributed by atoms with E-state index in [0.29, 0.717) is 5.69 Å². The number of halogens is 1. The third-order valence-corrected chi connectivity index (χ3v) is 4.84. The zero-order chi connectivity index (χ0) is 19.2. The molecule has 0 bridgehead atoms. The number of anilines is 1. The van der Waals surface area contributed by atoms with E-state index in [2.05, 4.69) is 22.8 Å². The number of rotatable bonds is 6. The molecule has 0 saturated carbocycles. The third-order valence-electron chi connectivity index (χ3n) is 4.84. The second-order valence-electron chi connectivity index (χ2n) is 6.85. The van der Waals surface area contributed by atoms with Crippen molar-refractivity contribution in [2.75, 3.05) is 25.5 Å². The fourth-order valence-corrected chi connectivity index (χ4v) is 3.50. The molecule has 0 spiro atoms. The average molecular weight is 369 g/mol. The van der Waals surface area contributed by atoms with Gasteiger partial charge >= 0.3 is 0 Å². The van der Waals surface area contributed by atoms with E-state index in [1.807, 2.05) is 24.1 Å². The quantitative estimate of drug-likeness (QED) is 0.823. The number of likely N-dealkylation sites (N-methyl/N-ethyl adjacent to an activating group) is 1. The summed E-state index contributed by atoms with van der Waals surface area (Å²) in [5.41, 5.74) is 3.12. The van der Waals surface area contributed by atoms with Gasteiger partial charge in [-0.25, -0.2) is 4.39 Å². The molecular weight excluding hydrogens is 345 g/mol. The smallest absolute Gasteiger partial charge is 0.243 e. The van der Waals surface area contributed by atoms with Gasteiger partial charge in [-0.2, -0.15) is 0 Å². The molecule has 6 heteroatoms. The molecule has 1 aliphatic rings. The van der Waals surface area contributed by atoms with Crippen molar-refractivity contribution in [1.29, 1.82) is 0 Å². The molecule has 0 aliphatic heterocycles. The molecule has 0 unspecified atom stereocenters. The summed E-state index contributed by atoms with van der Waals surface area (Å²) in [5.74, 6) is -0.913. The summed E-state index contributed by atoms with van der Waals surface area (Å²) >= 11 is 0. The van der Waals surface area contributed by atoms with Crippen molar-refractivity contribution < 1.29 is 14.0 Å². The maximum atomic E-state index is 12.9. The molecule has 0 radical (unpaired) electrons. The fraction of sp³-hybridized carbons (Fsp3) is 0.333. The topological polar surface area (TPSA) is 61.4 Å². The van der Waals surface area contributed by atoms with Crippen LogP contribution in [0.2, 0.25) is 0 Å². The van der Waals surface area contributed by atoms with Gasteiger partial charge < -0.3 is 10.6 Å². The lowest BCUT2D eigenvalue weighted by Gasteiger charge is -2.32. The van der Waals surface area contributed by atoms with E-state index < -0.39 is 0 Å². The Morgan fingerprint density at radius 3 is 2.63 bits per heavy atom. The van der Waals surface area contributed by atoms with Gasteiger partial charge in [0.05, 0.1) is 13.1 Å². The van der Waals surface area contributed by atoms with Crippen molar-refractivity contribution in [3.05, 3.63) is 65.5 Å². The van der Waals surface area contributed by atoms with Crippen molar-refractivity contribution in [2.24, 2.45) is 0 Å². The number of carbonyl (C=O) groups is 2. The number of fused-ring (bicyclic) bond motifs is 1. The molecule has 0 saturated heterocycles. The minimum absolute atomic E-state index is 0.120. The molecule has 2 aromatic carbocycles. The van der Waals surface area contributed by atoms with Crippen LogP contribution < -0.4 is 10.6 Å². The summed E-state index contributed by atoms with van der Waals surface area (Å²) in [6, 6.07) is 14.1. The Balaban J connectivity index is 1.48. The third kappa shape index (κ3) is 5.14. The SMILES string of the molecule is CN(CC(=O)NCC(=O)Nc1ccc(F)cc1)[C@H]1CCCc2ccccc21. The maximum Gasteiger partial charge on any atom is 0.243 e. The molecule has 0 heterocycles. The second-order valence-corrected chi connectivity index (χ2v) is 6.85. The molecule has 27 heavy (non-hydrogen) atoms. The zero-order valence-electron chi connectivity index (χ0n) is 15.4. The van der Waals surface area contributed by atoms with Gasteiger partial charge in [0.1, 0.15) is 5.82 Å². The van der Waals surface area contributed by atoms with Crippen molar-refractivity contribution in [1.82, 2.24) is 10.2 Å². The van der Waals surface area contributed by atoms with Gasteiger partial charge in [-0.1, -0.05) is 24.3 Å². The van der Waals surface area contributed by atoms with Crippen LogP contribution in [-0.4, -0.2) is 36.9 Å². The molecule has 5 nitrogen and oxygen atoms in total. The zero-order valence-corrected chi connectivity index (χ0v) is 15.4. The summed E-state index contributed by atoms with van der Waals surface area (Å²) in [6.07, 6.45) is 3.20. The lowest BCUT2D eigenvalue weighted by atomic mass is 9.87. The van der Waals surface area contributed by atoms with Crippen LogP contribution in [0.25, 0.3) is 0 Å². The van der Waals surface area contributed by atoms with Crippen LogP contribution in [0.1, 0.15) is 30.0 Å². The highest BCUT2D eigenvalue weighted by Crippen LogP contribution is 2.33. The highest BCUT2D eigenvalue weighted by molar-refractivity contribution is 5.94. The first-order valence-electron chi connectivity index (χ1n) is 9.13. The standard InChI is InChI=1S/C21H24FN3O2/c1-25(19-8-4-6-15-5-2-3-7-18(15)19)14-21(27)23-13-20(26)24-17-11-9-16(22)10-12-17/h2-3,5,7,9-12,19H,4,6,8,13-14H2,1H3,(H,23,27)(H,24,26)/t19-/m0/s1. The average Bonchev–Trinajstić information content (AvgIpc) is 2.67. The van der Waals surface area contributed by atoms with E-state index in [-0.39, 0.29) is 36.8 Å². The van der Waals surface area contributed by atoms with Gasteiger partial charge in [-0.3, -0.25) is 14.5 Å². The summed E-state index contributed by atoms with van der Waals surface area (Å²) < 4.78 is 12.9. The number of benzene rings is 2. The Kier molecular flexibility index (Phi) is 6.19. The molecule has 0 fully saturated rings. The van der Waals surface area contributed by atoms with Crippen LogP contribution in [0.5, 0.6) is 0 Å². The highest BCUT2D eigenvalue weighted by atomic mass is 19.1. The number of hydrogen-bond donors (Lipinski definition) is 2. The number of nitrogens with zero attached hydrogens (tertiary/aromatic N) is 1. The lowest BCUT2D eigenvalue weighted by molar-refractivity contribution is -0.125. The Labute approximate surface area is 158 Å². The predicted molar refractivity (Wildman–Crippen MR) is 103 cm³/mol. The van der Waals surface area contributed by atoms with Crippen molar-refractivity contribution in [2.45, 2.75) is 25.3 Å². The Morgan fingerprint density at radius 2 is 1.85 bits per heavy atom. The number of amides is 2. The molecule has 2 N–H and O–H groups in total. The van der Waals surface area contributed by atoms with Crippen molar-refractivity contribution in [3.63, 3.8) is 0 Å². The number of carbonyl (C=O) groups excluding carboxylic acids is 2. The number of nitrogens with one attached hydrogen (secondary N) is 2. The summed E-state index contributed by atoms with van der Waals surface area (Å²) in [7, 11) is 1.94. The first-order chi connectivity index (χ1) is 13.0. The molecule has 0 aromatic heterocycles. The Bertz CT molecular complexity index is 807. The van der Waals surface area contributed by atoms with Gasteiger partial charge in [0.2, 0.25) is 11.8 Å². The van der Waals surface area contributed by atoms with Crippen LogP contribution in [0, 0.1) is 5.82 Å². The van der Waals surface area contributed by atoms with E-state index in [9.17, 15) is 14.0 Å². The molecule has 2 amide bonds. The molecule has 2 aromatic rings. The van der Waals surface area contributed by atoms with Crippen molar-refractivity contribution >= 4 is 17.5 Å². The van der Waals surface area contributed by atoms with Crippen LogP contribution in [0.15, 0.2) is 48.5 Å². The van der Waals surface area contributed by atoms with Crippen LogP contribution >= 0.6 is 0 Å². The lowest BCUT2D eigenvalue weighted by Crippen LogP contribution is -2.40. The normalized spacial score (nSPS) is 15.9. The highest BCUT2D eigenvalue weighted by Gasteiger charge is 2.24. The van der Waals surface area contributed by atoms with Crippen LogP contribution in [-0.2, 0) is 16.0 Å². The molecule has 1 aliphatic carbocycles. The Morgan fingerprint density at radius 1 is 1.11 bits per heavy atom. The fourth-order valence-electron chi connectivity index (χ4n) is 3.50. The summed E-state index contributed by atoms with van der Waals surface area (Å²) in [6.45, 7) is 0.105. The summed E-state index contributed by atoms with van der Waals surface area (Å²) in [4.78, 5) is 26.2. The maximum absolute atomic E-state index is 12.9. The van der Waals surface area contributed by atoms with E-state index in [4.69, 9.17) is 0 Å². The van der Waals surface area contributed by atoms with Gasteiger partial charge in [0, 0.05) is 11.7 Å². The second kappa shape index (κ2) is 8.77.